The zero-order valence-corrected chi connectivity index (χ0v) is 17.2. The molecular formula is C22H22N2O4S. The molecule has 0 aliphatic carbocycles. The highest BCUT2D eigenvalue weighted by Gasteiger charge is 2.23. The molecule has 7 heteroatoms. The van der Waals surface area contributed by atoms with E-state index in [9.17, 15) is 13.2 Å². The number of nitrogens with zero attached hydrogens (tertiary/aromatic N) is 1. The molecule has 0 aliphatic heterocycles. The second-order valence-corrected chi connectivity index (χ2v) is 8.19. The Bertz CT molecular complexity index is 1110. The number of benzene rings is 3. The second-order valence-electron chi connectivity index (χ2n) is 6.54. The Morgan fingerprint density at radius 3 is 2.24 bits per heavy atom. The molecule has 150 valence electrons. The second kappa shape index (κ2) is 8.36. The smallest absolute Gasteiger partial charge is 0.265 e. The van der Waals surface area contributed by atoms with Crippen molar-refractivity contribution >= 4 is 27.3 Å². The lowest BCUT2D eigenvalue weighted by Gasteiger charge is -2.18. The minimum atomic E-state index is -3.96. The lowest BCUT2D eigenvalue weighted by molar-refractivity contribution is 0.0992. The molecule has 0 fully saturated rings. The van der Waals surface area contributed by atoms with Crippen molar-refractivity contribution in [3.05, 3.63) is 83.9 Å². The number of hydrogen-bond donors (Lipinski definition) is 1. The number of hydrogen-bond acceptors (Lipinski definition) is 4. The van der Waals surface area contributed by atoms with E-state index in [4.69, 9.17) is 4.74 Å². The van der Waals surface area contributed by atoms with Crippen LogP contribution in [-0.4, -0.2) is 28.5 Å². The first-order chi connectivity index (χ1) is 13.8. The maximum absolute atomic E-state index is 13.0. The van der Waals surface area contributed by atoms with E-state index in [2.05, 4.69) is 4.72 Å². The molecule has 0 spiro atoms. The Labute approximate surface area is 170 Å². The summed E-state index contributed by atoms with van der Waals surface area (Å²) in [5.41, 5.74) is 2.38. The first-order valence-corrected chi connectivity index (χ1v) is 10.4. The van der Waals surface area contributed by atoms with Crippen molar-refractivity contribution < 1.29 is 17.9 Å². The van der Waals surface area contributed by atoms with Crippen LogP contribution < -0.4 is 14.4 Å². The SMILES string of the molecule is COc1ccc(C(=O)N(C)c2ccccc2)cc1S(=O)(=O)Nc1ccc(C)cc1. The molecule has 29 heavy (non-hydrogen) atoms. The summed E-state index contributed by atoms with van der Waals surface area (Å²) in [5, 5.41) is 0. The molecule has 6 nitrogen and oxygen atoms in total. The van der Waals surface area contributed by atoms with E-state index >= 15 is 0 Å². The van der Waals surface area contributed by atoms with Gasteiger partial charge in [0.2, 0.25) is 0 Å². The molecule has 1 N–H and O–H groups in total. The Morgan fingerprint density at radius 2 is 1.62 bits per heavy atom. The molecule has 1 amide bonds. The van der Waals surface area contributed by atoms with Crippen LogP contribution >= 0.6 is 0 Å². The van der Waals surface area contributed by atoms with Crippen LogP contribution in [0.1, 0.15) is 15.9 Å². The van der Waals surface area contributed by atoms with E-state index in [1.54, 1.807) is 37.4 Å². The van der Waals surface area contributed by atoms with Gasteiger partial charge in [0.1, 0.15) is 10.6 Å². The van der Waals surface area contributed by atoms with Crippen molar-refractivity contribution in [2.75, 3.05) is 23.8 Å². The van der Waals surface area contributed by atoms with E-state index in [0.29, 0.717) is 11.4 Å². The molecule has 3 rings (SSSR count). The summed E-state index contributed by atoms with van der Waals surface area (Å²) < 4.78 is 33.7. The largest absolute Gasteiger partial charge is 0.495 e. The number of rotatable bonds is 6. The van der Waals surface area contributed by atoms with Gasteiger partial charge in [-0.05, 0) is 49.4 Å². The molecule has 0 saturated carbocycles. The minimum Gasteiger partial charge on any atom is -0.495 e. The van der Waals surface area contributed by atoms with Gasteiger partial charge in [-0.15, -0.1) is 0 Å². The topological polar surface area (TPSA) is 75.7 Å². The van der Waals surface area contributed by atoms with Crippen LogP contribution in [0.4, 0.5) is 11.4 Å². The summed E-state index contributed by atoms with van der Waals surface area (Å²) in [4.78, 5) is 14.2. The van der Waals surface area contributed by atoms with Crippen molar-refractivity contribution in [2.24, 2.45) is 0 Å². The van der Waals surface area contributed by atoms with Gasteiger partial charge in [0.25, 0.3) is 15.9 Å². The van der Waals surface area contributed by atoms with Crippen LogP contribution in [0.5, 0.6) is 5.75 Å². The standard InChI is InChI=1S/C22H22N2O4S/c1-16-9-12-18(13-10-16)23-29(26,27)21-15-17(11-14-20(21)28-3)22(25)24(2)19-7-5-4-6-8-19/h4-15,23H,1-3H3. The van der Waals surface area contributed by atoms with Gasteiger partial charge in [0, 0.05) is 24.0 Å². The number of ether oxygens (including phenoxy) is 1. The molecular weight excluding hydrogens is 388 g/mol. The Kier molecular flexibility index (Phi) is 5.89. The van der Waals surface area contributed by atoms with E-state index in [0.717, 1.165) is 5.56 Å². The lowest BCUT2D eigenvalue weighted by Crippen LogP contribution is -2.26. The third-order valence-corrected chi connectivity index (χ3v) is 5.85. The first kappa shape index (κ1) is 20.4. The highest BCUT2D eigenvalue weighted by molar-refractivity contribution is 7.92. The van der Waals surface area contributed by atoms with Gasteiger partial charge in [0.05, 0.1) is 7.11 Å². The van der Waals surface area contributed by atoms with Crippen LogP contribution in [0.3, 0.4) is 0 Å². The highest BCUT2D eigenvalue weighted by Crippen LogP contribution is 2.28. The Morgan fingerprint density at radius 1 is 0.966 bits per heavy atom. The molecule has 0 radical (unpaired) electrons. The van der Waals surface area contributed by atoms with Gasteiger partial charge in [-0.1, -0.05) is 35.9 Å². The van der Waals surface area contributed by atoms with Gasteiger partial charge >= 0.3 is 0 Å². The molecule has 0 unspecified atom stereocenters. The van der Waals surface area contributed by atoms with Gasteiger partial charge in [0.15, 0.2) is 0 Å². The van der Waals surface area contributed by atoms with Gasteiger partial charge in [-0.3, -0.25) is 9.52 Å². The number of carbonyl (C=O) groups is 1. The van der Waals surface area contributed by atoms with Gasteiger partial charge < -0.3 is 9.64 Å². The number of anilines is 2. The predicted octanol–water partition coefficient (Wildman–Crippen LogP) is 4.08. The summed E-state index contributed by atoms with van der Waals surface area (Å²) >= 11 is 0. The molecule has 0 saturated heterocycles. The van der Waals surface area contributed by atoms with Crippen molar-refractivity contribution in [3.8, 4) is 5.75 Å². The third kappa shape index (κ3) is 4.57. The maximum atomic E-state index is 13.0. The van der Waals surface area contributed by atoms with Crippen LogP contribution in [0.25, 0.3) is 0 Å². The van der Waals surface area contributed by atoms with E-state index in [1.165, 1.54) is 24.1 Å². The molecule has 3 aromatic rings. The Hall–Kier alpha value is -3.32. The van der Waals surface area contributed by atoms with Crippen molar-refractivity contribution in [1.29, 1.82) is 0 Å². The number of amides is 1. The lowest BCUT2D eigenvalue weighted by atomic mass is 10.2. The zero-order chi connectivity index (χ0) is 21.0. The average Bonchev–Trinajstić information content (AvgIpc) is 2.74. The van der Waals surface area contributed by atoms with Crippen LogP contribution in [-0.2, 0) is 10.0 Å². The normalized spacial score (nSPS) is 11.0. The monoisotopic (exact) mass is 410 g/mol. The fourth-order valence-electron chi connectivity index (χ4n) is 2.81. The number of methoxy groups -OCH3 is 1. The number of carbonyl (C=O) groups excluding carboxylic acids is 1. The zero-order valence-electron chi connectivity index (χ0n) is 16.4. The number of para-hydroxylation sites is 1. The predicted molar refractivity (Wildman–Crippen MR) is 114 cm³/mol. The van der Waals surface area contributed by atoms with Crippen molar-refractivity contribution in [2.45, 2.75) is 11.8 Å². The van der Waals surface area contributed by atoms with Gasteiger partial charge in [-0.25, -0.2) is 8.42 Å². The van der Waals surface area contributed by atoms with Crippen LogP contribution in [0.2, 0.25) is 0 Å². The molecule has 0 aliphatic rings. The summed E-state index contributed by atoms with van der Waals surface area (Å²) in [6.45, 7) is 1.92. The fourth-order valence-corrected chi connectivity index (χ4v) is 4.07. The van der Waals surface area contributed by atoms with Crippen LogP contribution in [0.15, 0.2) is 77.7 Å². The Balaban J connectivity index is 1.96. The average molecular weight is 410 g/mol. The van der Waals surface area contributed by atoms with Gasteiger partial charge in [-0.2, -0.15) is 0 Å². The summed E-state index contributed by atoms with van der Waals surface area (Å²) in [5.74, 6) is -0.172. The number of sulfonamides is 1. The summed E-state index contributed by atoms with van der Waals surface area (Å²) in [6, 6.07) is 20.5. The van der Waals surface area contributed by atoms with E-state index in [-0.39, 0.29) is 22.1 Å². The van der Waals surface area contributed by atoms with E-state index < -0.39 is 10.0 Å². The summed E-state index contributed by atoms with van der Waals surface area (Å²) in [7, 11) is -0.935. The first-order valence-electron chi connectivity index (χ1n) is 8.92. The maximum Gasteiger partial charge on any atom is 0.265 e. The molecule has 0 heterocycles. The fraction of sp³-hybridized carbons (Fsp3) is 0.136. The molecule has 3 aromatic carbocycles. The van der Waals surface area contributed by atoms with Crippen molar-refractivity contribution in [3.63, 3.8) is 0 Å². The molecule has 0 atom stereocenters. The van der Waals surface area contributed by atoms with Crippen molar-refractivity contribution in [1.82, 2.24) is 0 Å². The highest BCUT2D eigenvalue weighted by atomic mass is 32.2. The molecule has 0 bridgehead atoms. The van der Waals surface area contributed by atoms with E-state index in [1.807, 2.05) is 37.3 Å². The quantitative estimate of drug-likeness (QED) is 0.664. The summed E-state index contributed by atoms with van der Waals surface area (Å²) in [6.07, 6.45) is 0. The van der Waals surface area contributed by atoms with Crippen LogP contribution in [0, 0.1) is 6.92 Å². The number of aryl methyl sites for hydroxylation is 1. The number of nitrogens with one attached hydrogen (secondary N) is 1. The molecule has 0 aromatic heterocycles. The minimum absolute atomic E-state index is 0.104. The third-order valence-electron chi connectivity index (χ3n) is 4.45.